The molecule has 2 heteroatoms. The van der Waals surface area contributed by atoms with Crippen LogP contribution in [0.3, 0.4) is 0 Å². The third kappa shape index (κ3) is 6.34. The van der Waals surface area contributed by atoms with Crippen LogP contribution in [0.25, 0.3) is 0 Å². The topological polar surface area (TPSA) is 12.0 Å². The molecule has 2 atom stereocenters. The van der Waals surface area contributed by atoms with E-state index >= 15 is 0 Å². The summed E-state index contributed by atoms with van der Waals surface area (Å²) < 4.78 is 0. The molecule has 0 aliphatic heterocycles. The van der Waals surface area contributed by atoms with Crippen LogP contribution < -0.4 is 5.32 Å². The Bertz CT molecular complexity index is 162. The fraction of sp³-hybridized carbons (Fsp3) is 0.833. The van der Waals surface area contributed by atoms with Gasteiger partial charge in [0.25, 0.3) is 0 Å². The Morgan fingerprint density at radius 2 is 2.21 bits per heavy atom. The van der Waals surface area contributed by atoms with Crippen molar-refractivity contribution in [1.82, 2.24) is 5.32 Å². The molecule has 0 radical (unpaired) electrons. The van der Waals surface area contributed by atoms with Gasteiger partial charge in [-0.15, -0.1) is 12.3 Å². The van der Waals surface area contributed by atoms with Gasteiger partial charge in [0.1, 0.15) is 0 Å². The smallest absolute Gasteiger partial charge is 0.0110 e. The molecule has 0 bridgehead atoms. The fourth-order valence-corrected chi connectivity index (χ4v) is 2.29. The molecule has 0 aliphatic rings. The second-order valence-corrected chi connectivity index (χ2v) is 4.65. The van der Waals surface area contributed by atoms with Crippen LogP contribution in [0.1, 0.15) is 33.1 Å². The normalized spacial score (nSPS) is 14.7. The van der Waals surface area contributed by atoms with E-state index in [4.69, 9.17) is 6.42 Å². The molecule has 0 aliphatic carbocycles. The maximum atomic E-state index is 5.30. The van der Waals surface area contributed by atoms with Gasteiger partial charge in [-0.3, -0.25) is 0 Å². The van der Waals surface area contributed by atoms with Crippen LogP contribution in [0.2, 0.25) is 0 Å². The van der Waals surface area contributed by atoms with E-state index in [1.165, 1.54) is 12.2 Å². The molecule has 0 spiro atoms. The van der Waals surface area contributed by atoms with Crippen LogP contribution in [-0.2, 0) is 0 Å². The molecule has 0 rings (SSSR count). The van der Waals surface area contributed by atoms with Gasteiger partial charge < -0.3 is 5.32 Å². The van der Waals surface area contributed by atoms with Crippen molar-refractivity contribution in [3.63, 3.8) is 0 Å². The quantitative estimate of drug-likeness (QED) is 0.622. The molecule has 0 aromatic carbocycles. The van der Waals surface area contributed by atoms with Crippen molar-refractivity contribution in [2.24, 2.45) is 5.92 Å². The van der Waals surface area contributed by atoms with Crippen molar-refractivity contribution >= 4 is 11.8 Å². The molecule has 1 nitrogen and oxygen atoms in total. The summed E-state index contributed by atoms with van der Waals surface area (Å²) in [5, 5.41) is 3.58. The van der Waals surface area contributed by atoms with Crippen molar-refractivity contribution in [3.05, 3.63) is 0 Å². The van der Waals surface area contributed by atoms with E-state index in [1.807, 2.05) is 11.8 Å². The van der Waals surface area contributed by atoms with Gasteiger partial charge in [0.2, 0.25) is 0 Å². The summed E-state index contributed by atoms with van der Waals surface area (Å²) in [5.41, 5.74) is 0. The number of nitrogens with one attached hydrogen (secondary N) is 1. The maximum absolute atomic E-state index is 5.30. The molecule has 1 N–H and O–H groups in total. The first-order valence-corrected chi connectivity index (χ1v) is 6.81. The molecule has 2 unspecified atom stereocenters. The summed E-state index contributed by atoms with van der Waals surface area (Å²) in [6.07, 6.45) is 10.6. The summed E-state index contributed by atoms with van der Waals surface area (Å²) in [6, 6.07) is 0.596. The molecule has 0 aromatic heterocycles. The highest BCUT2D eigenvalue weighted by atomic mass is 32.2. The van der Waals surface area contributed by atoms with Gasteiger partial charge in [0.15, 0.2) is 0 Å². The number of rotatable bonds is 8. The van der Waals surface area contributed by atoms with Crippen LogP contribution in [0, 0.1) is 18.3 Å². The third-order valence-electron chi connectivity index (χ3n) is 2.37. The van der Waals surface area contributed by atoms with Gasteiger partial charge in [-0.2, -0.15) is 11.8 Å². The van der Waals surface area contributed by atoms with Crippen molar-refractivity contribution in [2.45, 2.75) is 39.2 Å². The zero-order valence-corrected chi connectivity index (χ0v) is 10.5. The van der Waals surface area contributed by atoms with E-state index in [0.29, 0.717) is 12.0 Å². The summed E-state index contributed by atoms with van der Waals surface area (Å²) >= 11 is 1.91. The van der Waals surface area contributed by atoms with Gasteiger partial charge in [-0.05, 0) is 37.3 Å². The van der Waals surface area contributed by atoms with E-state index in [1.54, 1.807) is 0 Å². The Morgan fingerprint density at radius 3 is 2.71 bits per heavy atom. The lowest BCUT2D eigenvalue weighted by Crippen LogP contribution is -2.36. The van der Waals surface area contributed by atoms with Crippen molar-refractivity contribution in [1.29, 1.82) is 0 Å². The number of terminal acetylenes is 1. The minimum atomic E-state index is 0.596. The third-order valence-corrected chi connectivity index (χ3v) is 3.23. The zero-order chi connectivity index (χ0) is 10.8. The SMILES string of the molecule is C#CCCC(NCCC)C(C)CSC. The molecule has 82 valence electrons. The molecule has 0 heterocycles. The first-order valence-electron chi connectivity index (χ1n) is 5.42. The van der Waals surface area contributed by atoms with Crippen molar-refractivity contribution in [3.8, 4) is 12.3 Å². The first-order chi connectivity index (χ1) is 6.76. The number of hydrogen-bond donors (Lipinski definition) is 1. The maximum Gasteiger partial charge on any atom is 0.0110 e. The summed E-state index contributed by atoms with van der Waals surface area (Å²) in [7, 11) is 0. The molecule has 0 saturated carbocycles. The summed E-state index contributed by atoms with van der Waals surface area (Å²) in [5.74, 6) is 4.65. The lowest BCUT2D eigenvalue weighted by atomic mass is 9.99. The monoisotopic (exact) mass is 213 g/mol. The highest BCUT2D eigenvalue weighted by molar-refractivity contribution is 7.98. The van der Waals surface area contributed by atoms with Gasteiger partial charge in [-0.25, -0.2) is 0 Å². The number of hydrogen-bond acceptors (Lipinski definition) is 2. The average molecular weight is 213 g/mol. The Labute approximate surface area is 93.4 Å². The highest BCUT2D eigenvalue weighted by Crippen LogP contribution is 2.13. The molecule has 0 fully saturated rings. The standard InChI is InChI=1S/C12H23NS/c1-5-7-8-12(13-9-6-2)11(3)10-14-4/h1,11-13H,6-10H2,2-4H3. The van der Waals surface area contributed by atoms with Gasteiger partial charge in [0.05, 0.1) is 0 Å². The van der Waals surface area contributed by atoms with Crippen LogP contribution in [-0.4, -0.2) is 24.6 Å². The van der Waals surface area contributed by atoms with Crippen LogP contribution in [0.15, 0.2) is 0 Å². The van der Waals surface area contributed by atoms with Crippen LogP contribution >= 0.6 is 11.8 Å². The van der Waals surface area contributed by atoms with E-state index in [0.717, 1.165) is 19.4 Å². The molecule has 0 aromatic rings. The summed E-state index contributed by atoms with van der Waals surface area (Å²) in [6.45, 7) is 5.61. The molecule has 0 saturated heterocycles. The van der Waals surface area contributed by atoms with E-state index in [2.05, 4.69) is 31.3 Å². The molecular weight excluding hydrogens is 190 g/mol. The second kappa shape index (κ2) is 9.43. The van der Waals surface area contributed by atoms with Crippen LogP contribution in [0.5, 0.6) is 0 Å². The first kappa shape index (κ1) is 13.9. The Hall–Kier alpha value is -0.130. The minimum absolute atomic E-state index is 0.596. The second-order valence-electron chi connectivity index (χ2n) is 3.74. The van der Waals surface area contributed by atoms with Gasteiger partial charge in [-0.1, -0.05) is 13.8 Å². The average Bonchev–Trinajstić information content (AvgIpc) is 2.18. The minimum Gasteiger partial charge on any atom is -0.314 e. The Balaban J connectivity index is 3.88. The predicted octanol–water partition coefficient (Wildman–Crippen LogP) is 2.77. The van der Waals surface area contributed by atoms with E-state index < -0.39 is 0 Å². The lowest BCUT2D eigenvalue weighted by molar-refractivity contribution is 0.386. The lowest BCUT2D eigenvalue weighted by Gasteiger charge is -2.24. The fourth-order valence-electron chi connectivity index (χ4n) is 1.54. The largest absolute Gasteiger partial charge is 0.314 e. The highest BCUT2D eigenvalue weighted by Gasteiger charge is 2.14. The van der Waals surface area contributed by atoms with E-state index in [9.17, 15) is 0 Å². The van der Waals surface area contributed by atoms with Crippen molar-refractivity contribution in [2.75, 3.05) is 18.6 Å². The molecule has 14 heavy (non-hydrogen) atoms. The van der Waals surface area contributed by atoms with E-state index in [-0.39, 0.29) is 0 Å². The number of thioether (sulfide) groups is 1. The van der Waals surface area contributed by atoms with Crippen LogP contribution in [0.4, 0.5) is 0 Å². The van der Waals surface area contributed by atoms with Gasteiger partial charge in [0, 0.05) is 12.5 Å². The predicted molar refractivity (Wildman–Crippen MR) is 67.7 cm³/mol. The molecule has 0 amide bonds. The summed E-state index contributed by atoms with van der Waals surface area (Å²) in [4.78, 5) is 0. The van der Waals surface area contributed by atoms with Gasteiger partial charge >= 0.3 is 0 Å². The zero-order valence-electron chi connectivity index (χ0n) is 9.68. The van der Waals surface area contributed by atoms with Crippen molar-refractivity contribution < 1.29 is 0 Å². The molecular formula is C12H23NS. The Kier molecular flexibility index (Phi) is 9.34. The Morgan fingerprint density at radius 1 is 1.50 bits per heavy atom.